The predicted octanol–water partition coefficient (Wildman–Crippen LogP) is 4.25. The van der Waals surface area contributed by atoms with E-state index in [-0.39, 0.29) is 5.82 Å². The summed E-state index contributed by atoms with van der Waals surface area (Å²) in [5, 5.41) is 11.8. The third-order valence-electron chi connectivity index (χ3n) is 2.16. The summed E-state index contributed by atoms with van der Waals surface area (Å²) in [4.78, 5) is 3.90. The van der Waals surface area contributed by atoms with Gasteiger partial charge in [0.2, 0.25) is 0 Å². The van der Waals surface area contributed by atoms with Gasteiger partial charge in [-0.3, -0.25) is 0 Å². The van der Waals surface area contributed by atoms with Crippen molar-refractivity contribution in [2.75, 3.05) is 5.32 Å². The molecule has 0 unspecified atom stereocenters. The molecule has 0 aliphatic heterocycles. The summed E-state index contributed by atoms with van der Waals surface area (Å²) in [6.45, 7) is 0. The first-order chi connectivity index (χ1) is 8.60. The standard InChI is InChI=1S/C12H6BrClFN3/c13-8-4-10(15)12(17-6-8)18-11-2-1-7(5-16)3-9(11)14/h1-4,6H,(H,17,18). The quantitative estimate of drug-likeness (QED) is 0.897. The van der Waals surface area contributed by atoms with Crippen LogP contribution in [0.1, 0.15) is 5.56 Å². The molecule has 1 N–H and O–H groups in total. The van der Waals surface area contributed by atoms with Crippen LogP contribution in [-0.2, 0) is 0 Å². The van der Waals surface area contributed by atoms with Crippen molar-refractivity contribution in [3.05, 3.63) is 51.3 Å². The highest BCUT2D eigenvalue weighted by Crippen LogP contribution is 2.27. The van der Waals surface area contributed by atoms with Gasteiger partial charge in [0, 0.05) is 10.7 Å². The molecule has 2 aromatic rings. The van der Waals surface area contributed by atoms with Gasteiger partial charge in [0.25, 0.3) is 0 Å². The molecule has 0 bridgehead atoms. The molecule has 18 heavy (non-hydrogen) atoms. The zero-order valence-corrected chi connectivity index (χ0v) is 11.3. The van der Waals surface area contributed by atoms with Gasteiger partial charge in [0.1, 0.15) is 0 Å². The highest BCUT2D eigenvalue weighted by Gasteiger charge is 2.07. The molecule has 3 nitrogen and oxygen atoms in total. The lowest BCUT2D eigenvalue weighted by Gasteiger charge is -2.08. The normalized spacial score (nSPS) is 9.89. The number of nitriles is 1. The number of anilines is 2. The smallest absolute Gasteiger partial charge is 0.166 e. The Balaban J connectivity index is 2.32. The fourth-order valence-electron chi connectivity index (χ4n) is 1.32. The Bertz CT molecular complexity index is 640. The lowest BCUT2D eigenvalue weighted by atomic mass is 10.2. The van der Waals surface area contributed by atoms with Crippen LogP contribution in [0.5, 0.6) is 0 Å². The summed E-state index contributed by atoms with van der Waals surface area (Å²) >= 11 is 9.09. The Morgan fingerprint density at radius 2 is 2.17 bits per heavy atom. The second-order valence-electron chi connectivity index (χ2n) is 3.42. The number of aromatic nitrogens is 1. The first-order valence-corrected chi connectivity index (χ1v) is 6.05. The fraction of sp³-hybridized carbons (Fsp3) is 0. The van der Waals surface area contributed by atoms with E-state index in [4.69, 9.17) is 16.9 Å². The number of nitrogens with one attached hydrogen (secondary N) is 1. The molecule has 0 radical (unpaired) electrons. The van der Waals surface area contributed by atoms with Crippen molar-refractivity contribution in [2.24, 2.45) is 0 Å². The van der Waals surface area contributed by atoms with Crippen LogP contribution in [0, 0.1) is 17.1 Å². The van der Waals surface area contributed by atoms with Gasteiger partial charge in [-0.05, 0) is 40.2 Å². The van der Waals surface area contributed by atoms with Gasteiger partial charge < -0.3 is 5.32 Å². The van der Waals surface area contributed by atoms with Gasteiger partial charge in [-0.25, -0.2) is 9.37 Å². The third kappa shape index (κ3) is 2.78. The van der Waals surface area contributed by atoms with Gasteiger partial charge >= 0.3 is 0 Å². The predicted molar refractivity (Wildman–Crippen MR) is 71.3 cm³/mol. The van der Waals surface area contributed by atoms with Crippen molar-refractivity contribution in [1.29, 1.82) is 5.26 Å². The van der Waals surface area contributed by atoms with E-state index in [0.717, 1.165) is 0 Å². The van der Waals surface area contributed by atoms with Gasteiger partial charge in [0.05, 0.1) is 22.3 Å². The first-order valence-electron chi connectivity index (χ1n) is 4.88. The van der Waals surface area contributed by atoms with E-state index in [1.54, 1.807) is 12.1 Å². The zero-order valence-electron chi connectivity index (χ0n) is 8.92. The van der Waals surface area contributed by atoms with Crippen molar-refractivity contribution in [3.63, 3.8) is 0 Å². The number of rotatable bonds is 2. The maximum atomic E-state index is 13.6. The molecule has 0 fully saturated rings. The van der Waals surface area contributed by atoms with Crippen LogP contribution >= 0.6 is 27.5 Å². The number of hydrogen-bond donors (Lipinski definition) is 1. The summed E-state index contributed by atoms with van der Waals surface area (Å²) in [6, 6.07) is 7.96. The minimum absolute atomic E-state index is 0.0739. The highest BCUT2D eigenvalue weighted by atomic mass is 79.9. The van der Waals surface area contributed by atoms with E-state index in [9.17, 15) is 4.39 Å². The second kappa shape index (κ2) is 5.34. The largest absolute Gasteiger partial charge is 0.337 e. The van der Waals surface area contributed by atoms with Gasteiger partial charge in [-0.15, -0.1) is 0 Å². The molecule has 0 saturated carbocycles. The molecule has 0 atom stereocenters. The van der Waals surface area contributed by atoms with Crippen LogP contribution in [0.4, 0.5) is 15.9 Å². The van der Waals surface area contributed by atoms with Crippen molar-refractivity contribution < 1.29 is 4.39 Å². The third-order valence-corrected chi connectivity index (χ3v) is 2.91. The number of pyridine rings is 1. The minimum Gasteiger partial charge on any atom is -0.337 e. The number of nitrogens with zero attached hydrogens (tertiary/aromatic N) is 2. The Morgan fingerprint density at radius 1 is 1.39 bits per heavy atom. The van der Waals surface area contributed by atoms with Gasteiger partial charge in [-0.1, -0.05) is 11.6 Å². The fourth-order valence-corrected chi connectivity index (χ4v) is 1.85. The maximum Gasteiger partial charge on any atom is 0.166 e. The summed E-state index contributed by atoms with van der Waals surface area (Å²) in [5.74, 6) is -0.422. The van der Waals surface area contributed by atoms with Gasteiger partial charge in [0.15, 0.2) is 11.6 Å². The van der Waals surface area contributed by atoms with Crippen molar-refractivity contribution in [3.8, 4) is 6.07 Å². The molecule has 0 saturated heterocycles. The molecule has 2 rings (SSSR count). The Morgan fingerprint density at radius 3 is 2.78 bits per heavy atom. The van der Waals surface area contributed by atoms with Crippen molar-refractivity contribution in [2.45, 2.75) is 0 Å². The van der Waals surface area contributed by atoms with Crippen LogP contribution in [0.3, 0.4) is 0 Å². The number of halogens is 3. The van der Waals surface area contributed by atoms with E-state index in [1.165, 1.54) is 18.3 Å². The molecule has 1 aromatic carbocycles. The molecule has 6 heteroatoms. The lowest BCUT2D eigenvalue weighted by Crippen LogP contribution is -1.97. The molecule has 0 amide bonds. The maximum absolute atomic E-state index is 13.6. The Labute approximate surface area is 116 Å². The first kappa shape index (κ1) is 12.8. The lowest BCUT2D eigenvalue weighted by molar-refractivity contribution is 0.625. The van der Waals surface area contributed by atoms with E-state index < -0.39 is 5.82 Å². The zero-order chi connectivity index (χ0) is 13.1. The molecule has 1 heterocycles. The topological polar surface area (TPSA) is 48.7 Å². The molecule has 0 aliphatic rings. The van der Waals surface area contributed by atoms with Crippen LogP contribution in [0.15, 0.2) is 34.9 Å². The average molecular weight is 327 g/mol. The van der Waals surface area contributed by atoms with Crippen molar-refractivity contribution >= 4 is 39.0 Å². The molecule has 90 valence electrons. The Hall–Kier alpha value is -1.64. The number of benzene rings is 1. The summed E-state index contributed by atoms with van der Waals surface area (Å²) in [7, 11) is 0. The Kier molecular flexibility index (Phi) is 3.80. The van der Waals surface area contributed by atoms with Crippen LogP contribution in [0.25, 0.3) is 0 Å². The van der Waals surface area contributed by atoms with Gasteiger partial charge in [-0.2, -0.15) is 5.26 Å². The molecular formula is C12H6BrClFN3. The number of hydrogen-bond acceptors (Lipinski definition) is 3. The molecular weight excluding hydrogens is 321 g/mol. The van der Waals surface area contributed by atoms with Crippen molar-refractivity contribution in [1.82, 2.24) is 4.98 Å². The molecule has 0 aliphatic carbocycles. The monoisotopic (exact) mass is 325 g/mol. The van der Waals surface area contributed by atoms with Crippen LogP contribution < -0.4 is 5.32 Å². The van der Waals surface area contributed by atoms with E-state index in [2.05, 4.69) is 26.2 Å². The highest BCUT2D eigenvalue weighted by molar-refractivity contribution is 9.10. The van der Waals surface area contributed by atoms with Crippen LogP contribution in [-0.4, -0.2) is 4.98 Å². The average Bonchev–Trinajstić information content (AvgIpc) is 2.34. The van der Waals surface area contributed by atoms with E-state index >= 15 is 0 Å². The molecule has 0 spiro atoms. The molecule has 1 aromatic heterocycles. The summed E-state index contributed by atoms with van der Waals surface area (Å²) < 4.78 is 14.1. The van der Waals surface area contributed by atoms with E-state index in [1.807, 2.05) is 6.07 Å². The van der Waals surface area contributed by atoms with E-state index in [0.29, 0.717) is 20.7 Å². The summed E-state index contributed by atoms with van der Waals surface area (Å²) in [6.07, 6.45) is 1.48. The minimum atomic E-state index is -0.496. The SMILES string of the molecule is N#Cc1ccc(Nc2ncc(Br)cc2F)c(Cl)c1. The second-order valence-corrected chi connectivity index (χ2v) is 4.74. The summed E-state index contributed by atoms with van der Waals surface area (Å²) in [5.41, 5.74) is 0.930. The van der Waals surface area contributed by atoms with Crippen LogP contribution in [0.2, 0.25) is 5.02 Å².